The summed E-state index contributed by atoms with van der Waals surface area (Å²) in [5.41, 5.74) is 8.11. The molecule has 2 atom stereocenters. The summed E-state index contributed by atoms with van der Waals surface area (Å²) in [5.74, 6) is 0.444. The SMILES string of the molecule is C/C=C(/C)C1CC=C(c2ccccc2)C=C1C1C=C(c2ccccc2)C=CN1C. The fourth-order valence-corrected chi connectivity index (χ4v) is 4.28. The first-order valence-corrected chi connectivity index (χ1v) is 10.4. The minimum Gasteiger partial charge on any atom is -0.370 e. The molecular formula is C28H29N. The molecule has 29 heavy (non-hydrogen) atoms. The second-order valence-corrected chi connectivity index (χ2v) is 7.90. The third-order valence-electron chi connectivity index (χ3n) is 6.12. The monoisotopic (exact) mass is 379 g/mol. The van der Waals surface area contributed by atoms with E-state index in [9.17, 15) is 0 Å². The first-order valence-electron chi connectivity index (χ1n) is 10.4. The second-order valence-electron chi connectivity index (χ2n) is 7.90. The van der Waals surface area contributed by atoms with Gasteiger partial charge in [0.15, 0.2) is 0 Å². The third kappa shape index (κ3) is 4.05. The Morgan fingerprint density at radius 3 is 2.17 bits per heavy atom. The average Bonchev–Trinajstić information content (AvgIpc) is 2.79. The molecule has 2 aromatic carbocycles. The second kappa shape index (κ2) is 8.53. The van der Waals surface area contributed by atoms with Gasteiger partial charge in [0.2, 0.25) is 0 Å². The number of hydrogen-bond acceptors (Lipinski definition) is 1. The summed E-state index contributed by atoms with van der Waals surface area (Å²) in [5, 5.41) is 0. The topological polar surface area (TPSA) is 3.24 Å². The predicted octanol–water partition coefficient (Wildman–Crippen LogP) is 6.89. The molecule has 2 aliphatic rings. The van der Waals surface area contributed by atoms with Gasteiger partial charge in [0.25, 0.3) is 0 Å². The molecule has 0 saturated carbocycles. The Bertz CT molecular complexity index is 1000. The van der Waals surface area contributed by atoms with Gasteiger partial charge in [-0.1, -0.05) is 90.5 Å². The Balaban J connectivity index is 1.77. The van der Waals surface area contributed by atoms with Crippen LogP contribution in [-0.2, 0) is 0 Å². The number of hydrogen-bond donors (Lipinski definition) is 0. The molecule has 1 heteroatoms. The van der Waals surface area contributed by atoms with Crippen molar-refractivity contribution in [2.75, 3.05) is 7.05 Å². The summed E-state index contributed by atoms with van der Waals surface area (Å²) < 4.78 is 0. The van der Waals surface area contributed by atoms with Crippen LogP contribution in [0.15, 0.2) is 108 Å². The highest BCUT2D eigenvalue weighted by Crippen LogP contribution is 2.38. The number of allylic oxidation sites excluding steroid dienone is 7. The van der Waals surface area contributed by atoms with Crippen LogP contribution in [0.4, 0.5) is 0 Å². The maximum absolute atomic E-state index is 2.43. The lowest BCUT2D eigenvalue weighted by Crippen LogP contribution is -2.33. The molecule has 1 heterocycles. The Morgan fingerprint density at radius 1 is 0.931 bits per heavy atom. The predicted molar refractivity (Wildman–Crippen MR) is 125 cm³/mol. The van der Waals surface area contributed by atoms with E-state index in [1.807, 2.05) is 0 Å². The molecule has 0 aromatic heterocycles. The molecule has 0 spiro atoms. The maximum Gasteiger partial charge on any atom is 0.0696 e. The minimum absolute atomic E-state index is 0.252. The van der Waals surface area contributed by atoms with Crippen LogP contribution < -0.4 is 0 Å². The summed E-state index contributed by atoms with van der Waals surface area (Å²) in [7, 11) is 2.18. The van der Waals surface area contributed by atoms with Crippen molar-refractivity contribution >= 4 is 11.1 Å². The van der Waals surface area contributed by atoms with Gasteiger partial charge in [0.05, 0.1) is 6.04 Å². The van der Waals surface area contributed by atoms with Gasteiger partial charge in [-0.05, 0) is 54.2 Å². The van der Waals surface area contributed by atoms with E-state index in [1.165, 1.54) is 33.4 Å². The molecule has 0 amide bonds. The fraction of sp³-hybridized carbons (Fsp3) is 0.214. The van der Waals surface area contributed by atoms with Crippen LogP contribution in [0.1, 0.15) is 31.4 Å². The van der Waals surface area contributed by atoms with Crippen molar-refractivity contribution in [1.29, 1.82) is 0 Å². The highest BCUT2D eigenvalue weighted by atomic mass is 15.1. The molecule has 0 saturated heterocycles. The zero-order valence-corrected chi connectivity index (χ0v) is 17.5. The van der Waals surface area contributed by atoms with Crippen LogP contribution in [0.3, 0.4) is 0 Å². The number of benzene rings is 2. The quantitative estimate of drug-likeness (QED) is 0.523. The van der Waals surface area contributed by atoms with E-state index >= 15 is 0 Å². The van der Waals surface area contributed by atoms with Crippen molar-refractivity contribution in [2.45, 2.75) is 26.3 Å². The molecule has 0 bridgehead atoms. The first kappa shape index (κ1) is 19.3. The molecule has 1 nitrogen and oxygen atoms in total. The molecule has 0 N–H and O–H groups in total. The van der Waals surface area contributed by atoms with Crippen LogP contribution in [0.5, 0.6) is 0 Å². The van der Waals surface area contributed by atoms with Gasteiger partial charge in [0, 0.05) is 19.2 Å². The molecule has 0 fully saturated rings. The van der Waals surface area contributed by atoms with Crippen molar-refractivity contribution in [3.63, 3.8) is 0 Å². The highest BCUT2D eigenvalue weighted by Gasteiger charge is 2.28. The molecule has 0 radical (unpaired) electrons. The van der Waals surface area contributed by atoms with E-state index < -0.39 is 0 Å². The summed E-state index contributed by atoms with van der Waals surface area (Å²) in [4.78, 5) is 2.34. The number of likely N-dealkylation sites (N-methyl/N-ethyl adjacent to an activating group) is 1. The van der Waals surface area contributed by atoms with E-state index in [4.69, 9.17) is 0 Å². The highest BCUT2D eigenvalue weighted by molar-refractivity contribution is 5.79. The fourth-order valence-electron chi connectivity index (χ4n) is 4.28. The van der Waals surface area contributed by atoms with Gasteiger partial charge < -0.3 is 4.90 Å². The Morgan fingerprint density at radius 2 is 1.55 bits per heavy atom. The largest absolute Gasteiger partial charge is 0.370 e. The lowest BCUT2D eigenvalue weighted by Gasteiger charge is -2.36. The standard InChI is InChI=1S/C28H29N/c1-4-21(2)26-16-15-24(22-11-7-5-8-12-22)19-27(26)28-20-25(17-18-29(28)3)23-13-9-6-10-14-23/h4-15,17-20,26,28H,16H2,1-3H3/b21-4-. The lowest BCUT2D eigenvalue weighted by atomic mass is 9.77. The average molecular weight is 380 g/mol. The van der Waals surface area contributed by atoms with Crippen molar-refractivity contribution < 1.29 is 0 Å². The number of rotatable bonds is 4. The molecule has 2 aromatic rings. The van der Waals surface area contributed by atoms with Crippen LogP contribution in [0.2, 0.25) is 0 Å². The molecule has 1 aliphatic carbocycles. The maximum atomic E-state index is 2.43. The third-order valence-corrected chi connectivity index (χ3v) is 6.12. The van der Waals surface area contributed by atoms with Gasteiger partial charge in [-0.3, -0.25) is 0 Å². The molecule has 4 rings (SSSR count). The van der Waals surface area contributed by atoms with Crippen molar-refractivity contribution in [3.8, 4) is 0 Å². The van der Waals surface area contributed by atoms with E-state index in [0.717, 1.165) is 6.42 Å². The van der Waals surface area contributed by atoms with E-state index in [1.54, 1.807) is 0 Å². The zero-order chi connectivity index (χ0) is 20.2. The molecule has 2 unspecified atom stereocenters. The van der Waals surface area contributed by atoms with Gasteiger partial charge in [-0.15, -0.1) is 0 Å². The Labute approximate surface area is 175 Å². The summed E-state index contributed by atoms with van der Waals surface area (Å²) in [6, 6.07) is 21.7. The van der Waals surface area contributed by atoms with Crippen LogP contribution >= 0.6 is 0 Å². The molecule has 146 valence electrons. The molecular weight excluding hydrogens is 350 g/mol. The Hall–Kier alpha value is -3.06. The van der Waals surface area contributed by atoms with Crippen LogP contribution in [-0.4, -0.2) is 18.0 Å². The summed E-state index contributed by atoms with van der Waals surface area (Å²) in [6.07, 6.45) is 15.0. The normalized spacial score (nSPS) is 22.1. The van der Waals surface area contributed by atoms with Gasteiger partial charge >= 0.3 is 0 Å². The smallest absolute Gasteiger partial charge is 0.0696 e. The van der Waals surface area contributed by atoms with Crippen LogP contribution in [0.25, 0.3) is 11.1 Å². The van der Waals surface area contributed by atoms with Crippen LogP contribution in [0, 0.1) is 5.92 Å². The summed E-state index contributed by atoms with van der Waals surface area (Å²) >= 11 is 0. The number of nitrogens with zero attached hydrogens (tertiary/aromatic N) is 1. The van der Waals surface area contributed by atoms with Gasteiger partial charge in [0.1, 0.15) is 0 Å². The van der Waals surface area contributed by atoms with E-state index in [-0.39, 0.29) is 6.04 Å². The Kier molecular flexibility index (Phi) is 5.67. The minimum atomic E-state index is 0.252. The molecule has 1 aliphatic heterocycles. The van der Waals surface area contributed by atoms with Gasteiger partial charge in [-0.2, -0.15) is 0 Å². The van der Waals surface area contributed by atoms with Gasteiger partial charge in [-0.25, -0.2) is 0 Å². The summed E-state index contributed by atoms with van der Waals surface area (Å²) in [6.45, 7) is 4.42. The van der Waals surface area contributed by atoms with E-state index in [0.29, 0.717) is 5.92 Å². The zero-order valence-electron chi connectivity index (χ0n) is 17.5. The van der Waals surface area contributed by atoms with Crippen molar-refractivity contribution in [3.05, 3.63) is 120 Å². The van der Waals surface area contributed by atoms with Crippen molar-refractivity contribution in [1.82, 2.24) is 4.90 Å². The first-order chi connectivity index (χ1) is 14.2. The van der Waals surface area contributed by atoms with Crippen molar-refractivity contribution in [2.24, 2.45) is 5.92 Å². The van der Waals surface area contributed by atoms with E-state index in [2.05, 4.69) is 123 Å². The lowest BCUT2D eigenvalue weighted by molar-refractivity contribution is 0.397.